The predicted molar refractivity (Wildman–Crippen MR) is 129 cm³/mol. The number of carbonyl (C=O) groups excluding carboxylic acids is 2. The topological polar surface area (TPSA) is 117 Å². The van der Waals surface area contributed by atoms with Crippen molar-refractivity contribution >= 4 is 27.5 Å². The van der Waals surface area contributed by atoms with E-state index in [2.05, 4.69) is 20.3 Å². The number of carbonyl (C=O) groups is 2. The van der Waals surface area contributed by atoms with E-state index in [0.29, 0.717) is 43.5 Å². The van der Waals surface area contributed by atoms with Crippen molar-refractivity contribution in [3.8, 4) is 0 Å². The Morgan fingerprint density at radius 3 is 2.62 bits per heavy atom. The first kappa shape index (κ1) is 23.6. The summed E-state index contributed by atoms with van der Waals surface area (Å²) in [6.07, 6.45) is 4.10. The largest absolute Gasteiger partial charge is 0.352 e. The third kappa shape index (κ3) is 6.06. The molecule has 1 aromatic heterocycles. The number of hydrogen-bond acceptors (Lipinski definition) is 5. The first-order valence-corrected chi connectivity index (χ1v) is 12.6. The fraction of sp³-hybridized carbons (Fsp3) is 0.240. The predicted octanol–water partition coefficient (Wildman–Crippen LogP) is 2.81. The summed E-state index contributed by atoms with van der Waals surface area (Å²) in [5.74, 6) is -0.252. The van der Waals surface area contributed by atoms with Crippen LogP contribution in [0.2, 0.25) is 0 Å². The van der Waals surface area contributed by atoms with Gasteiger partial charge in [-0.3, -0.25) is 14.6 Å². The fourth-order valence-electron chi connectivity index (χ4n) is 3.71. The van der Waals surface area contributed by atoms with Crippen molar-refractivity contribution in [2.45, 2.75) is 37.1 Å². The third-order valence-corrected chi connectivity index (χ3v) is 6.99. The summed E-state index contributed by atoms with van der Waals surface area (Å²) in [5.41, 5.74) is 3.61. The van der Waals surface area contributed by atoms with Gasteiger partial charge >= 0.3 is 0 Å². The molecule has 0 spiro atoms. The molecule has 0 aliphatic carbocycles. The second kappa shape index (κ2) is 10.6. The molecule has 9 heteroatoms. The number of amides is 2. The zero-order valence-electron chi connectivity index (χ0n) is 18.6. The minimum absolute atomic E-state index is 0.0576. The van der Waals surface area contributed by atoms with E-state index in [9.17, 15) is 18.0 Å². The van der Waals surface area contributed by atoms with Crippen LogP contribution in [0.4, 0.5) is 5.69 Å². The number of nitrogens with zero attached hydrogens (tertiary/aromatic N) is 1. The highest BCUT2D eigenvalue weighted by molar-refractivity contribution is 7.89. The van der Waals surface area contributed by atoms with Gasteiger partial charge in [0.2, 0.25) is 15.9 Å². The number of fused-ring (bicyclic) bond motifs is 1. The first-order chi connectivity index (χ1) is 16.4. The summed E-state index contributed by atoms with van der Waals surface area (Å²) in [6, 6.07) is 17.2. The smallest absolute Gasteiger partial charge is 0.251 e. The van der Waals surface area contributed by atoms with E-state index in [1.54, 1.807) is 42.6 Å². The Morgan fingerprint density at radius 1 is 1.03 bits per heavy atom. The Morgan fingerprint density at radius 2 is 1.85 bits per heavy atom. The highest BCUT2D eigenvalue weighted by Crippen LogP contribution is 2.25. The molecular formula is C25H26N4O4S. The van der Waals surface area contributed by atoms with Crippen LogP contribution in [0.3, 0.4) is 0 Å². The summed E-state index contributed by atoms with van der Waals surface area (Å²) in [5, 5.41) is 5.66. The average Bonchev–Trinajstić information content (AvgIpc) is 3.03. The van der Waals surface area contributed by atoms with Gasteiger partial charge in [-0.15, -0.1) is 0 Å². The fourth-order valence-corrected chi connectivity index (χ4v) is 4.77. The SMILES string of the molecule is O=C1CCCc2cc(S(=O)(=O)NCc3ccc(C(=O)NCCc4ccccn4)cc3)ccc2N1. The number of aromatic nitrogens is 1. The lowest BCUT2D eigenvalue weighted by molar-refractivity contribution is -0.116. The minimum Gasteiger partial charge on any atom is -0.352 e. The molecule has 0 saturated carbocycles. The molecule has 0 atom stereocenters. The van der Waals surface area contributed by atoms with Gasteiger partial charge in [0, 0.05) is 49.1 Å². The van der Waals surface area contributed by atoms with Crippen molar-refractivity contribution in [2.75, 3.05) is 11.9 Å². The monoisotopic (exact) mass is 478 g/mol. The average molecular weight is 479 g/mol. The van der Waals surface area contributed by atoms with Gasteiger partial charge in [-0.1, -0.05) is 18.2 Å². The molecule has 2 aromatic carbocycles. The zero-order valence-corrected chi connectivity index (χ0v) is 19.4. The second-order valence-corrected chi connectivity index (χ2v) is 9.84. The van der Waals surface area contributed by atoms with Gasteiger partial charge in [0.15, 0.2) is 0 Å². The number of rotatable bonds is 8. The molecule has 0 saturated heterocycles. The van der Waals surface area contributed by atoms with E-state index < -0.39 is 10.0 Å². The lowest BCUT2D eigenvalue weighted by Crippen LogP contribution is -2.26. The molecule has 1 aliphatic rings. The van der Waals surface area contributed by atoms with Gasteiger partial charge in [-0.25, -0.2) is 13.1 Å². The summed E-state index contributed by atoms with van der Waals surface area (Å²) in [7, 11) is -3.73. The van der Waals surface area contributed by atoms with Crippen molar-refractivity contribution in [3.05, 3.63) is 89.2 Å². The quantitative estimate of drug-likeness (QED) is 0.460. The first-order valence-electron chi connectivity index (χ1n) is 11.1. The van der Waals surface area contributed by atoms with Gasteiger partial charge in [-0.05, 0) is 66.4 Å². The van der Waals surface area contributed by atoms with Crippen molar-refractivity contribution in [3.63, 3.8) is 0 Å². The van der Waals surface area contributed by atoms with E-state index in [4.69, 9.17) is 0 Å². The summed E-state index contributed by atoms with van der Waals surface area (Å²) in [4.78, 5) is 28.4. The molecule has 3 aromatic rings. The second-order valence-electron chi connectivity index (χ2n) is 8.07. The number of aryl methyl sites for hydroxylation is 1. The summed E-state index contributed by atoms with van der Waals surface area (Å²) >= 11 is 0. The maximum atomic E-state index is 12.8. The van der Waals surface area contributed by atoms with Crippen LogP contribution in [-0.2, 0) is 34.2 Å². The molecule has 8 nitrogen and oxygen atoms in total. The summed E-state index contributed by atoms with van der Waals surface area (Å²) < 4.78 is 28.2. The highest BCUT2D eigenvalue weighted by Gasteiger charge is 2.19. The van der Waals surface area contributed by atoms with Gasteiger partial charge in [0.05, 0.1) is 4.90 Å². The molecule has 0 bridgehead atoms. The van der Waals surface area contributed by atoms with E-state index in [1.165, 1.54) is 6.07 Å². The van der Waals surface area contributed by atoms with Gasteiger partial charge in [0.1, 0.15) is 0 Å². The van der Waals surface area contributed by atoms with E-state index in [1.807, 2.05) is 18.2 Å². The van der Waals surface area contributed by atoms with Crippen molar-refractivity contribution in [1.29, 1.82) is 0 Å². The Balaban J connectivity index is 1.32. The lowest BCUT2D eigenvalue weighted by Gasteiger charge is -2.11. The van der Waals surface area contributed by atoms with Crippen LogP contribution in [0.25, 0.3) is 0 Å². The molecule has 34 heavy (non-hydrogen) atoms. The molecular weight excluding hydrogens is 452 g/mol. The molecule has 176 valence electrons. The highest BCUT2D eigenvalue weighted by atomic mass is 32.2. The van der Waals surface area contributed by atoms with Crippen LogP contribution in [0, 0.1) is 0 Å². The van der Waals surface area contributed by atoms with Crippen molar-refractivity contribution in [1.82, 2.24) is 15.0 Å². The van der Waals surface area contributed by atoms with Crippen LogP contribution in [-0.4, -0.2) is 31.8 Å². The molecule has 3 N–H and O–H groups in total. The molecule has 2 amide bonds. The number of pyridine rings is 1. The van der Waals surface area contributed by atoms with E-state index >= 15 is 0 Å². The number of anilines is 1. The number of nitrogens with one attached hydrogen (secondary N) is 3. The van der Waals surface area contributed by atoms with Crippen LogP contribution in [0.5, 0.6) is 0 Å². The molecule has 1 aliphatic heterocycles. The van der Waals surface area contributed by atoms with Crippen LogP contribution in [0.1, 0.15) is 40.0 Å². The minimum atomic E-state index is -3.73. The molecule has 0 fully saturated rings. The van der Waals surface area contributed by atoms with Crippen molar-refractivity contribution in [2.24, 2.45) is 0 Å². The lowest BCUT2D eigenvalue weighted by atomic mass is 10.1. The molecule has 2 heterocycles. The summed E-state index contributed by atoms with van der Waals surface area (Å²) in [6.45, 7) is 0.569. The number of benzene rings is 2. The maximum absolute atomic E-state index is 12.8. The Labute approximate surface area is 198 Å². The Kier molecular flexibility index (Phi) is 7.34. The van der Waals surface area contributed by atoms with Crippen LogP contribution >= 0.6 is 0 Å². The van der Waals surface area contributed by atoms with E-state index in [0.717, 1.165) is 16.8 Å². The van der Waals surface area contributed by atoms with Crippen molar-refractivity contribution < 1.29 is 18.0 Å². The van der Waals surface area contributed by atoms with Gasteiger partial charge in [0.25, 0.3) is 5.91 Å². The van der Waals surface area contributed by atoms with Gasteiger partial charge in [-0.2, -0.15) is 0 Å². The van der Waals surface area contributed by atoms with E-state index in [-0.39, 0.29) is 23.3 Å². The van der Waals surface area contributed by atoms with Crippen LogP contribution in [0.15, 0.2) is 71.8 Å². The number of hydrogen-bond donors (Lipinski definition) is 3. The Hall–Kier alpha value is -3.56. The maximum Gasteiger partial charge on any atom is 0.251 e. The zero-order chi connectivity index (χ0) is 24.0. The molecule has 0 radical (unpaired) electrons. The normalized spacial score (nSPS) is 13.5. The standard InChI is InChI=1S/C25H26N4O4S/c30-24-6-3-4-20-16-22(11-12-23(20)29-24)34(32,33)28-17-18-7-9-19(10-8-18)25(31)27-15-13-21-5-1-2-14-26-21/h1-2,5,7-12,14,16,28H,3-4,6,13,15,17H2,(H,27,31)(H,29,30). The van der Waals surface area contributed by atoms with Crippen LogP contribution < -0.4 is 15.4 Å². The molecule has 0 unspecified atom stereocenters. The molecule has 4 rings (SSSR count). The Bertz CT molecular complexity index is 1280. The number of sulfonamides is 1. The third-order valence-electron chi connectivity index (χ3n) is 5.59. The van der Waals surface area contributed by atoms with Gasteiger partial charge < -0.3 is 10.6 Å².